The molecular weight excluding hydrogens is 188 g/mol. The Hall–Kier alpha value is -0.120. The Balaban J connectivity index is 3.18. The van der Waals surface area contributed by atoms with E-state index in [1.165, 1.54) is 19.4 Å². The highest BCUT2D eigenvalue weighted by molar-refractivity contribution is 4.59. The van der Waals surface area contributed by atoms with Crippen LogP contribution >= 0.6 is 0 Å². The van der Waals surface area contributed by atoms with E-state index in [9.17, 15) is 0 Å². The molecule has 1 atom stereocenters. The maximum Gasteiger partial charge on any atom is 0.0667 e. The van der Waals surface area contributed by atoms with Crippen molar-refractivity contribution < 1.29 is 4.74 Å². The van der Waals surface area contributed by atoms with Crippen molar-refractivity contribution in [2.45, 2.75) is 45.8 Å². The highest BCUT2D eigenvalue weighted by atomic mass is 16.5. The predicted octanol–water partition coefficient (Wildman–Crippen LogP) is 1.73. The van der Waals surface area contributed by atoms with Crippen LogP contribution in [0.15, 0.2) is 0 Å². The van der Waals surface area contributed by atoms with Gasteiger partial charge in [-0.05, 0) is 53.8 Å². The van der Waals surface area contributed by atoms with Crippen molar-refractivity contribution in [3.8, 4) is 0 Å². The molecule has 1 unspecified atom stereocenters. The summed E-state index contributed by atoms with van der Waals surface area (Å²) in [5, 5.41) is 3.40. The van der Waals surface area contributed by atoms with Gasteiger partial charge in [0.05, 0.1) is 6.10 Å². The largest absolute Gasteiger partial charge is 0.380 e. The highest BCUT2D eigenvalue weighted by Crippen LogP contribution is 1.97. The fourth-order valence-electron chi connectivity index (χ4n) is 1.26. The molecule has 0 heterocycles. The van der Waals surface area contributed by atoms with Gasteiger partial charge in [-0.1, -0.05) is 0 Å². The van der Waals surface area contributed by atoms with E-state index in [0.29, 0.717) is 12.1 Å². The average Bonchev–Trinajstić information content (AvgIpc) is 2.22. The van der Waals surface area contributed by atoms with Crippen molar-refractivity contribution >= 4 is 0 Å². The van der Waals surface area contributed by atoms with Crippen molar-refractivity contribution in [1.82, 2.24) is 10.2 Å². The van der Waals surface area contributed by atoms with Gasteiger partial charge in [0, 0.05) is 19.7 Å². The Bertz CT molecular complexity index is 140. The molecule has 0 bridgehead atoms. The lowest BCUT2D eigenvalue weighted by molar-refractivity contribution is 0.117. The predicted molar refractivity (Wildman–Crippen MR) is 66.3 cm³/mol. The minimum Gasteiger partial charge on any atom is -0.380 e. The van der Waals surface area contributed by atoms with Crippen molar-refractivity contribution in [3.05, 3.63) is 0 Å². The van der Waals surface area contributed by atoms with Gasteiger partial charge in [0.1, 0.15) is 0 Å². The van der Waals surface area contributed by atoms with E-state index in [1.54, 1.807) is 7.11 Å². The van der Waals surface area contributed by atoms with Gasteiger partial charge in [0.15, 0.2) is 0 Å². The molecule has 0 amide bonds. The maximum atomic E-state index is 5.16. The van der Waals surface area contributed by atoms with Crippen LogP contribution in [0.5, 0.6) is 0 Å². The summed E-state index contributed by atoms with van der Waals surface area (Å²) < 4.78 is 5.16. The second-order valence-electron chi connectivity index (χ2n) is 4.53. The zero-order chi connectivity index (χ0) is 11.7. The Labute approximate surface area is 95.2 Å². The van der Waals surface area contributed by atoms with E-state index in [4.69, 9.17) is 4.74 Å². The molecule has 0 radical (unpaired) electrons. The number of nitrogens with one attached hydrogen (secondary N) is 1. The Morgan fingerprint density at radius 3 is 2.40 bits per heavy atom. The smallest absolute Gasteiger partial charge is 0.0667 e. The molecule has 0 aliphatic heterocycles. The third kappa shape index (κ3) is 8.85. The second kappa shape index (κ2) is 9.13. The van der Waals surface area contributed by atoms with E-state index >= 15 is 0 Å². The van der Waals surface area contributed by atoms with Crippen LogP contribution in [0.2, 0.25) is 0 Å². The summed E-state index contributed by atoms with van der Waals surface area (Å²) >= 11 is 0. The first-order valence-corrected chi connectivity index (χ1v) is 6.01. The van der Waals surface area contributed by atoms with Gasteiger partial charge >= 0.3 is 0 Å². The van der Waals surface area contributed by atoms with Gasteiger partial charge in [-0.2, -0.15) is 0 Å². The van der Waals surface area contributed by atoms with Gasteiger partial charge in [-0.25, -0.2) is 0 Å². The monoisotopic (exact) mass is 216 g/mol. The summed E-state index contributed by atoms with van der Waals surface area (Å²) in [7, 11) is 3.94. The molecule has 92 valence electrons. The van der Waals surface area contributed by atoms with Crippen LogP contribution in [0.4, 0.5) is 0 Å². The fraction of sp³-hybridized carbons (Fsp3) is 1.00. The molecule has 3 nitrogen and oxygen atoms in total. The van der Waals surface area contributed by atoms with Gasteiger partial charge < -0.3 is 15.0 Å². The number of hydrogen-bond acceptors (Lipinski definition) is 3. The molecule has 0 fully saturated rings. The van der Waals surface area contributed by atoms with Crippen molar-refractivity contribution in [1.29, 1.82) is 0 Å². The quantitative estimate of drug-likeness (QED) is 0.594. The van der Waals surface area contributed by atoms with Crippen molar-refractivity contribution in [2.75, 3.05) is 33.8 Å². The molecule has 0 aliphatic rings. The number of ether oxygens (including phenoxy) is 1. The summed E-state index contributed by atoms with van der Waals surface area (Å²) in [6.45, 7) is 9.80. The molecule has 3 heteroatoms. The molecular formula is C12H28N2O. The Kier molecular flexibility index (Phi) is 9.06. The zero-order valence-corrected chi connectivity index (χ0v) is 11.0. The van der Waals surface area contributed by atoms with E-state index in [0.717, 1.165) is 13.1 Å². The van der Waals surface area contributed by atoms with Crippen LogP contribution < -0.4 is 5.32 Å². The zero-order valence-electron chi connectivity index (χ0n) is 11.0. The third-order valence-corrected chi connectivity index (χ3v) is 2.83. The van der Waals surface area contributed by atoms with Crippen LogP contribution in [0, 0.1) is 0 Å². The molecule has 0 aliphatic carbocycles. The van der Waals surface area contributed by atoms with E-state index in [1.807, 2.05) is 0 Å². The van der Waals surface area contributed by atoms with Gasteiger partial charge in [0.2, 0.25) is 0 Å². The lowest BCUT2D eigenvalue weighted by atomic mass is 10.2. The molecule has 0 spiro atoms. The van der Waals surface area contributed by atoms with Crippen molar-refractivity contribution in [3.63, 3.8) is 0 Å². The van der Waals surface area contributed by atoms with Crippen LogP contribution in [0.25, 0.3) is 0 Å². The number of nitrogens with zero attached hydrogens (tertiary/aromatic N) is 1. The number of rotatable bonds is 9. The molecule has 0 aromatic carbocycles. The second-order valence-corrected chi connectivity index (χ2v) is 4.53. The molecule has 0 saturated carbocycles. The van der Waals surface area contributed by atoms with Crippen LogP contribution in [0.3, 0.4) is 0 Å². The van der Waals surface area contributed by atoms with Crippen LogP contribution in [-0.2, 0) is 4.74 Å². The topological polar surface area (TPSA) is 24.5 Å². The molecule has 0 saturated heterocycles. The Morgan fingerprint density at radius 2 is 1.87 bits per heavy atom. The molecule has 0 aromatic rings. The summed E-state index contributed by atoms with van der Waals surface area (Å²) in [5.74, 6) is 0. The van der Waals surface area contributed by atoms with Crippen molar-refractivity contribution in [2.24, 2.45) is 0 Å². The van der Waals surface area contributed by atoms with Gasteiger partial charge in [0.25, 0.3) is 0 Å². The first kappa shape index (κ1) is 14.9. The molecule has 15 heavy (non-hydrogen) atoms. The average molecular weight is 216 g/mol. The van der Waals surface area contributed by atoms with E-state index < -0.39 is 0 Å². The highest BCUT2D eigenvalue weighted by Gasteiger charge is 2.02. The standard InChI is InChI=1S/C12H28N2O/c1-11(2)14(4)9-7-6-8-13-10-12(3)15-5/h11-13H,6-10H2,1-5H3. The first-order valence-electron chi connectivity index (χ1n) is 6.01. The SMILES string of the molecule is COC(C)CNCCCCN(C)C(C)C. The maximum absolute atomic E-state index is 5.16. The minimum absolute atomic E-state index is 0.323. The van der Waals surface area contributed by atoms with Crippen LogP contribution in [-0.4, -0.2) is 50.8 Å². The number of unbranched alkanes of at least 4 members (excludes halogenated alkanes) is 1. The summed E-state index contributed by atoms with van der Waals surface area (Å²) in [5.41, 5.74) is 0. The Morgan fingerprint density at radius 1 is 1.20 bits per heavy atom. The van der Waals surface area contributed by atoms with E-state index in [-0.39, 0.29) is 0 Å². The van der Waals surface area contributed by atoms with Crippen LogP contribution in [0.1, 0.15) is 33.6 Å². The lowest BCUT2D eigenvalue weighted by Crippen LogP contribution is -2.29. The van der Waals surface area contributed by atoms with Gasteiger partial charge in [-0.3, -0.25) is 0 Å². The normalized spacial score (nSPS) is 13.8. The summed E-state index contributed by atoms with van der Waals surface area (Å²) in [6, 6.07) is 0.659. The molecule has 0 aromatic heterocycles. The number of hydrogen-bond donors (Lipinski definition) is 1. The first-order chi connectivity index (χ1) is 7.07. The summed E-state index contributed by atoms with van der Waals surface area (Å²) in [6.07, 6.45) is 2.83. The van der Waals surface area contributed by atoms with Gasteiger partial charge in [-0.15, -0.1) is 0 Å². The summed E-state index contributed by atoms with van der Waals surface area (Å²) in [4.78, 5) is 2.39. The fourth-order valence-corrected chi connectivity index (χ4v) is 1.26. The molecule has 1 N–H and O–H groups in total. The van der Waals surface area contributed by atoms with E-state index in [2.05, 4.69) is 38.0 Å². The molecule has 0 rings (SSSR count). The third-order valence-electron chi connectivity index (χ3n) is 2.83. The number of methoxy groups -OCH3 is 1. The lowest BCUT2D eigenvalue weighted by Gasteiger charge is -2.20. The minimum atomic E-state index is 0.323.